The first-order valence-corrected chi connectivity index (χ1v) is 12.3. The van der Waals surface area contributed by atoms with Crippen LogP contribution in [0.25, 0.3) is 0 Å². The Balaban J connectivity index is 0.000000386. The third-order valence-corrected chi connectivity index (χ3v) is 6.71. The third-order valence-electron chi connectivity index (χ3n) is 4.73. The summed E-state index contributed by atoms with van der Waals surface area (Å²) in [5.74, 6) is 0.502. The van der Waals surface area contributed by atoms with Crippen molar-refractivity contribution in [2.75, 3.05) is 22.8 Å². The van der Waals surface area contributed by atoms with Crippen molar-refractivity contribution in [3.05, 3.63) is 18.2 Å². The van der Waals surface area contributed by atoms with E-state index in [0.29, 0.717) is 24.6 Å². The number of anilines is 2. The third kappa shape index (κ3) is 6.22. The van der Waals surface area contributed by atoms with Gasteiger partial charge in [-0.3, -0.25) is 10.1 Å². The summed E-state index contributed by atoms with van der Waals surface area (Å²) in [6.45, 7) is 4.69. The largest absolute Gasteiger partial charge is 0.489 e. The van der Waals surface area contributed by atoms with Crippen LogP contribution in [-0.4, -0.2) is 36.9 Å². The van der Waals surface area contributed by atoms with Gasteiger partial charge in [0.15, 0.2) is 0 Å². The van der Waals surface area contributed by atoms with E-state index in [1.165, 1.54) is 9.12 Å². The molecule has 1 fully saturated rings. The van der Waals surface area contributed by atoms with E-state index in [2.05, 4.69) is 31.3 Å². The molecule has 1 aliphatic heterocycles. The number of nitrogens with one attached hydrogen (secondary N) is 1. The topological polar surface area (TPSA) is 93.9 Å². The maximum absolute atomic E-state index is 12.7. The lowest BCUT2D eigenvalue weighted by Crippen LogP contribution is -2.44. The first kappa shape index (κ1) is 24.7. The summed E-state index contributed by atoms with van der Waals surface area (Å²) < 4.78 is 50.1. The second kappa shape index (κ2) is 9.28. The fourth-order valence-electron chi connectivity index (χ4n) is 2.21. The molecule has 0 radical (unpaired) electrons. The van der Waals surface area contributed by atoms with Crippen LogP contribution in [0.5, 0.6) is 5.75 Å². The first-order valence-electron chi connectivity index (χ1n) is 8.99. The molecular weight excluding hydrogens is 538 g/mol. The van der Waals surface area contributed by atoms with Crippen molar-refractivity contribution < 1.29 is 32.2 Å². The predicted molar refractivity (Wildman–Crippen MR) is 118 cm³/mol. The number of alkyl halides is 3. The van der Waals surface area contributed by atoms with Gasteiger partial charge in [0.2, 0.25) is 11.5 Å². The van der Waals surface area contributed by atoms with Gasteiger partial charge in [0.1, 0.15) is 12.4 Å². The Morgan fingerprint density at radius 1 is 1.33 bits per heavy atom. The van der Waals surface area contributed by atoms with Gasteiger partial charge in [-0.1, -0.05) is 6.92 Å². The van der Waals surface area contributed by atoms with E-state index < -0.39 is 17.9 Å². The minimum absolute atomic E-state index is 0.111. The Morgan fingerprint density at radius 2 is 1.97 bits per heavy atom. The first-order chi connectivity index (χ1) is 13.8. The highest BCUT2D eigenvalue weighted by atomic mass is 127. The number of hydrogen-bond acceptors (Lipinski definition) is 6. The zero-order chi connectivity index (χ0) is 22.7. The molecule has 2 aliphatic rings. The quantitative estimate of drug-likeness (QED) is 0.395. The number of halogens is 4. The zero-order valence-corrected chi connectivity index (χ0v) is 19.6. The van der Waals surface area contributed by atoms with Gasteiger partial charge in [-0.05, 0) is 44.9 Å². The number of amides is 2. The van der Waals surface area contributed by atoms with Gasteiger partial charge < -0.3 is 19.5 Å². The molecule has 0 spiro atoms. The monoisotopic (exact) mass is 561 g/mol. The number of hydrogen-bond donors (Lipinski definition) is 2. The minimum Gasteiger partial charge on any atom is -0.489 e. The molecule has 0 aromatic heterocycles. The van der Waals surface area contributed by atoms with Gasteiger partial charge in [-0.25, -0.2) is 4.79 Å². The number of rotatable bonds is 4. The molecule has 168 valence electrons. The van der Waals surface area contributed by atoms with Crippen molar-refractivity contribution in [2.24, 2.45) is 11.1 Å². The van der Waals surface area contributed by atoms with E-state index in [0.717, 1.165) is 32.4 Å². The van der Waals surface area contributed by atoms with E-state index in [9.17, 15) is 22.8 Å². The Hall–Kier alpha value is -1.57. The number of nitrogens with two attached hydrogens (primary N) is 1. The van der Waals surface area contributed by atoms with Gasteiger partial charge in [0.25, 0.3) is 0 Å². The van der Waals surface area contributed by atoms with Crippen molar-refractivity contribution >= 4 is 53.7 Å². The van der Waals surface area contributed by atoms with Gasteiger partial charge in [0, 0.05) is 41.4 Å². The van der Waals surface area contributed by atoms with Crippen LogP contribution in [0.15, 0.2) is 18.2 Å². The summed E-state index contributed by atoms with van der Waals surface area (Å²) in [7, 11) is 1.46. The highest BCUT2D eigenvalue weighted by Gasteiger charge is 2.51. The molecule has 2 amide bonds. The maximum atomic E-state index is 12.7. The van der Waals surface area contributed by atoms with Crippen LogP contribution in [0.2, 0.25) is 0 Å². The van der Waals surface area contributed by atoms with Gasteiger partial charge in [0.05, 0.1) is 12.2 Å². The minimum atomic E-state index is -4.65. The summed E-state index contributed by atoms with van der Waals surface area (Å²) >= 11 is 2.12. The highest BCUT2D eigenvalue weighted by molar-refractivity contribution is 14.2. The molecule has 0 atom stereocenters. The molecule has 1 aliphatic carbocycles. The lowest BCUT2D eigenvalue weighted by atomic mass is 10.1. The lowest BCUT2D eigenvalue weighted by molar-refractivity contribution is -0.242. The average Bonchev–Trinajstić information content (AvgIpc) is 3.39. The molecule has 1 aromatic rings. The number of carbonyl (C=O) groups is 2. The standard InChI is InChI=1S/C13H14F3IN2O3S.C5H9NO/c1-12(2,13(14,15)16)22-11(20)18-8-3-4-10-9(7-8)19(23-17)5-6-21-10;1-5(2-3-5)4(6)7/h3-4,7H,5-6H2,1-2H3,(H,18,20);2-3H2,1H3,(H2,6,7). The number of benzene rings is 1. The maximum Gasteiger partial charge on any atom is 0.427 e. The molecule has 1 saturated carbocycles. The Bertz CT molecular complexity index is 803. The average molecular weight is 561 g/mol. The molecule has 0 unspecified atom stereocenters. The normalized spacial score (nSPS) is 17.0. The fourth-order valence-corrected chi connectivity index (χ4v) is 3.80. The van der Waals surface area contributed by atoms with E-state index in [1.807, 2.05) is 11.2 Å². The van der Waals surface area contributed by atoms with Crippen molar-refractivity contribution in [3.63, 3.8) is 0 Å². The molecule has 0 saturated heterocycles. The number of carbonyl (C=O) groups excluding carboxylic acids is 2. The van der Waals surface area contributed by atoms with Gasteiger partial charge in [-0.2, -0.15) is 13.2 Å². The van der Waals surface area contributed by atoms with E-state index in [-0.39, 0.29) is 11.3 Å². The van der Waals surface area contributed by atoms with E-state index >= 15 is 0 Å². The number of primary amides is 1. The molecule has 3 rings (SSSR count). The van der Waals surface area contributed by atoms with Crippen molar-refractivity contribution in [1.82, 2.24) is 0 Å². The van der Waals surface area contributed by atoms with E-state index in [4.69, 9.17) is 10.5 Å². The van der Waals surface area contributed by atoms with Crippen LogP contribution < -0.4 is 20.1 Å². The summed E-state index contributed by atoms with van der Waals surface area (Å²) in [6.07, 6.45) is -3.84. The lowest BCUT2D eigenvalue weighted by Gasteiger charge is -2.29. The summed E-state index contributed by atoms with van der Waals surface area (Å²) in [5, 5.41) is 2.31. The second-order valence-electron chi connectivity index (χ2n) is 7.65. The zero-order valence-electron chi connectivity index (χ0n) is 16.6. The molecular formula is C18H23F3IN3O4S. The number of nitrogens with zero attached hydrogens (tertiary/aromatic N) is 1. The summed E-state index contributed by atoms with van der Waals surface area (Å²) in [5.41, 5.74) is 3.38. The van der Waals surface area contributed by atoms with Crippen LogP contribution in [0.4, 0.5) is 29.3 Å². The Kier molecular flexibility index (Phi) is 7.64. The van der Waals surface area contributed by atoms with Crippen LogP contribution >= 0.6 is 30.3 Å². The van der Waals surface area contributed by atoms with E-state index in [1.54, 1.807) is 18.2 Å². The Morgan fingerprint density at radius 3 is 2.43 bits per heavy atom. The number of fused-ring (bicyclic) bond motifs is 1. The van der Waals surface area contributed by atoms with Gasteiger partial charge >= 0.3 is 12.3 Å². The molecule has 3 N–H and O–H groups in total. The summed E-state index contributed by atoms with van der Waals surface area (Å²) in [4.78, 5) is 22.0. The fraction of sp³-hybridized carbons (Fsp3) is 0.556. The molecule has 7 nitrogen and oxygen atoms in total. The smallest absolute Gasteiger partial charge is 0.427 e. The molecule has 30 heavy (non-hydrogen) atoms. The molecule has 0 bridgehead atoms. The predicted octanol–water partition coefficient (Wildman–Crippen LogP) is 5.04. The van der Waals surface area contributed by atoms with Gasteiger partial charge in [-0.15, -0.1) is 0 Å². The summed E-state index contributed by atoms with van der Waals surface area (Å²) in [6, 6.07) is 4.82. The van der Waals surface area contributed by atoms with Crippen LogP contribution in [-0.2, 0) is 9.53 Å². The van der Waals surface area contributed by atoms with Crippen LogP contribution in [0.3, 0.4) is 0 Å². The van der Waals surface area contributed by atoms with Crippen molar-refractivity contribution in [3.8, 4) is 5.75 Å². The highest BCUT2D eigenvalue weighted by Crippen LogP contribution is 2.44. The van der Waals surface area contributed by atoms with Crippen LogP contribution in [0.1, 0.15) is 33.6 Å². The SMILES string of the molecule is CC(C)(OC(=O)Nc1ccc2c(c1)N(SI)CCO2)C(F)(F)F.CC1(C(N)=O)CC1. The molecule has 1 heterocycles. The van der Waals surface area contributed by atoms with Crippen LogP contribution in [0, 0.1) is 5.41 Å². The second-order valence-corrected chi connectivity index (χ2v) is 9.41. The molecule has 1 aromatic carbocycles. The Labute approximate surface area is 188 Å². The number of ether oxygens (including phenoxy) is 2. The van der Waals surface area contributed by atoms with Crippen molar-refractivity contribution in [1.29, 1.82) is 0 Å². The molecule has 12 heteroatoms. The van der Waals surface area contributed by atoms with Crippen molar-refractivity contribution in [2.45, 2.75) is 45.4 Å².